The molecule has 5 nitrogen and oxygen atoms in total. The Hall–Kier alpha value is -1.26. The van der Waals surface area contributed by atoms with Crippen LogP contribution in [0.5, 0.6) is 0 Å². The van der Waals surface area contributed by atoms with E-state index in [-0.39, 0.29) is 11.9 Å². The highest BCUT2D eigenvalue weighted by Gasteiger charge is 2.16. The van der Waals surface area contributed by atoms with Crippen molar-refractivity contribution >= 4 is 11.9 Å². The minimum absolute atomic E-state index is 0.264. The number of hydrogen-bond acceptors (Lipinski definition) is 2. The first kappa shape index (κ1) is 14.2. The van der Waals surface area contributed by atoms with E-state index in [2.05, 4.69) is 16.0 Å². The minimum atomic E-state index is 0.264. The summed E-state index contributed by atoms with van der Waals surface area (Å²) in [5, 5.41) is 24.9. The third kappa shape index (κ3) is 5.09. The predicted octanol–water partition coefficient (Wildman–Crippen LogP) is 2.29. The summed E-state index contributed by atoms with van der Waals surface area (Å²) in [6.07, 6.45) is 12.2. The van der Waals surface area contributed by atoms with E-state index >= 15 is 0 Å². The Bertz CT molecular complexity index is 273. The van der Waals surface area contributed by atoms with Crippen molar-refractivity contribution in [3.63, 3.8) is 0 Å². The fraction of sp³-hybridized carbons (Fsp3) is 0.857. The van der Waals surface area contributed by atoms with Gasteiger partial charge in [-0.2, -0.15) is 0 Å². The van der Waals surface area contributed by atoms with Gasteiger partial charge < -0.3 is 10.6 Å². The highest BCUT2D eigenvalue weighted by molar-refractivity contribution is 5.95. The molecule has 2 fully saturated rings. The van der Waals surface area contributed by atoms with Crippen LogP contribution in [0, 0.1) is 10.8 Å². The van der Waals surface area contributed by atoms with Gasteiger partial charge in [0.2, 0.25) is 0 Å². The van der Waals surface area contributed by atoms with Gasteiger partial charge >= 0.3 is 0 Å². The zero-order valence-electron chi connectivity index (χ0n) is 11.7. The molecule has 0 aromatic rings. The van der Waals surface area contributed by atoms with Gasteiger partial charge in [-0.15, -0.1) is 0 Å². The van der Waals surface area contributed by atoms with Gasteiger partial charge in [-0.1, -0.05) is 38.5 Å². The molecule has 5 heteroatoms. The van der Waals surface area contributed by atoms with Gasteiger partial charge in [-0.05, 0) is 25.7 Å². The zero-order chi connectivity index (χ0) is 13.5. The topological polar surface area (TPSA) is 83.8 Å². The maximum absolute atomic E-state index is 7.87. The largest absolute Gasteiger partial charge is 0.353 e. The molecule has 0 unspecified atom stereocenters. The second-order valence-electron chi connectivity index (χ2n) is 5.83. The Balaban J connectivity index is 1.64. The summed E-state index contributed by atoms with van der Waals surface area (Å²) < 4.78 is 0. The maximum atomic E-state index is 7.87. The summed E-state index contributed by atoms with van der Waals surface area (Å²) in [4.78, 5) is 0. The molecule has 2 rings (SSSR count). The maximum Gasteiger partial charge on any atom is 0.195 e. The summed E-state index contributed by atoms with van der Waals surface area (Å²) in [5.41, 5.74) is 0. The molecule has 0 bridgehead atoms. The van der Waals surface area contributed by atoms with Crippen molar-refractivity contribution in [1.82, 2.24) is 16.0 Å². The van der Waals surface area contributed by atoms with Gasteiger partial charge in [0.05, 0.1) is 0 Å². The lowest BCUT2D eigenvalue weighted by Crippen LogP contribution is -2.51. The zero-order valence-corrected chi connectivity index (χ0v) is 11.7. The van der Waals surface area contributed by atoms with Crippen LogP contribution in [0.15, 0.2) is 0 Å². The first-order valence-corrected chi connectivity index (χ1v) is 7.71. The average Bonchev–Trinajstić information content (AvgIpc) is 2.40. The first-order valence-electron chi connectivity index (χ1n) is 7.71. The quantitative estimate of drug-likeness (QED) is 0.392. The summed E-state index contributed by atoms with van der Waals surface area (Å²) >= 11 is 0. The third-order valence-electron chi connectivity index (χ3n) is 4.16. The summed E-state index contributed by atoms with van der Waals surface area (Å²) in [5.74, 6) is 0.528. The second-order valence-corrected chi connectivity index (χ2v) is 5.83. The molecule has 0 radical (unpaired) electrons. The monoisotopic (exact) mass is 265 g/mol. The SMILES string of the molecule is N=C(NC(=N)NC1CCCCC1)NC1CCCCC1. The molecule has 2 aliphatic carbocycles. The number of nitrogens with one attached hydrogen (secondary N) is 5. The van der Waals surface area contributed by atoms with E-state index in [1.165, 1.54) is 38.5 Å². The van der Waals surface area contributed by atoms with E-state index in [1.807, 2.05) is 0 Å². The molecule has 0 spiro atoms. The average molecular weight is 265 g/mol. The summed E-state index contributed by atoms with van der Waals surface area (Å²) in [6.45, 7) is 0. The van der Waals surface area contributed by atoms with Crippen LogP contribution in [0.25, 0.3) is 0 Å². The standard InChI is InChI=1S/C14H27N5/c15-13(17-11-7-3-1-4-8-11)19-14(16)18-12-9-5-2-6-10-12/h11-12H,1-10H2,(H5,15,16,17,18,19). The van der Waals surface area contributed by atoms with Crippen LogP contribution in [0.1, 0.15) is 64.2 Å². The molecule has 0 atom stereocenters. The second kappa shape index (κ2) is 7.36. The van der Waals surface area contributed by atoms with Crippen molar-refractivity contribution < 1.29 is 0 Å². The van der Waals surface area contributed by atoms with Crippen LogP contribution < -0.4 is 16.0 Å². The van der Waals surface area contributed by atoms with E-state index < -0.39 is 0 Å². The van der Waals surface area contributed by atoms with Crippen molar-refractivity contribution in [2.24, 2.45) is 0 Å². The highest BCUT2D eigenvalue weighted by Crippen LogP contribution is 2.17. The van der Waals surface area contributed by atoms with Crippen molar-refractivity contribution in [2.45, 2.75) is 76.3 Å². The van der Waals surface area contributed by atoms with E-state index in [4.69, 9.17) is 10.8 Å². The van der Waals surface area contributed by atoms with Crippen LogP contribution in [-0.2, 0) is 0 Å². The molecule has 0 amide bonds. The number of guanidine groups is 2. The fourth-order valence-corrected chi connectivity index (χ4v) is 3.10. The Kier molecular flexibility index (Phi) is 5.48. The van der Waals surface area contributed by atoms with Gasteiger partial charge in [-0.25, -0.2) is 0 Å². The van der Waals surface area contributed by atoms with Crippen LogP contribution in [0.2, 0.25) is 0 Å². The summed E-state index contributed by atoms with van der Waals surface area (Å²) in [7, 11) is 0. The normalized spacial score (nSPS) is 21.7. The lowest BCUT2D eigenvalue weighted by molar-refractivity contribution is 0.406. The molecule has 108 valence electrons. The van der Waals surface area contributed by atoms with E-state index in [9.17, 15) is 0 Å². The van der Waals surface area contributed by atoms with E-state index in [0.29, 0.717) is 12.1 Å². The number of rotatable bonds is 2. The van der Waals surface area contributed by atoms with E-state index in [0.717, 1.165) is 25.7 Å². The van der Waals surface area contributed by atoms with Gasteiger partial charge in [0, 0.05) is 12.1 Å². The Labute approximate surface area is 115 Å². The molecule has 2 saturated carbocycles. The van der Waals surface area contributed by atoms with Crippen LogP contribution in [0.3, 0.4) is 0 Å². The Morgan fingerprint density at radius 1 is 0.632 bits per heavy atom. The Morgan fingerprint density at radius 2 is 1.00 bits per heavy atom. The van der Waals surface area contributed by atoms with Gasteiger partial charge in [0.1, 0.15) is 0 Å². The minimum Gasteiger partial charge on any atom is -0.353 e. The molecule has 0 aliphatic heterocycles. The highest BCUT2D eigenvalue weighted by atomic mass is 15.2. The van der Waals surface area contributed by atoms with Crippen molar-refractivity contribution in [1.29, 1.82) is 10.8 Å². The smallest absolute Gasteiger partial charge is 0.195 e. The van der Waals surface area contributed by atoms with Crippen molar-refractivity contribution in [3.8, 4) is 0 Å². The van der Waals surface area contributed by atoms with Crippen LogP contribution >= 0.6 is 0 Å². The fourth-order valence-electron chi connectivity index (χ4n) is 3.10. The van der Waals surface area contributed by atoms with Gasteiger partial charge in [-0.3, -0.25) is 16.1 Å². The Morgan fingerprint density at radius 3 is 1.37 bits per heavy atom. The van der Waals surface area contributed by atoms with Crippen molar-refractivity contribution in [3.05, 3.63) is 0 Å². The lowest BCUT2D eigenvalue weighted by Gasteiger charge is -2.26. The predicted molar refractivity (Wildman–Crippen MR) is 78.6 cm³/mol. The molecular weight excluding hydrogens is 238 g/mol. The molecule has 0 aromatic heterocycles. The molecule has 0 heterocycles. The summed E-state index contributed by atoms with van der Waals surface area (Å²) in [6, 6.07) is 0.826. The third-order valence-corrected chi connectivity index (χ3v) is 4.16. The lowest BCUT2D eigenvalue weighted by atomic mass is 9.95. The van der Waals surface area contributed by atoms with Crippen LogP contribution in [0.4, 0.5) is 0 Å². The molecule has 0 saturated heterocycles. The van der Waals surface area contributed by atoms with Gasteiger partial charge in [0.25, 0.3) is 0 Å². The molecule has 5 N–H and O–H groups in total. The molecule has 19 heavy (non-hydrogen) atoms. The first-order chi connectivity index (χ1) is 9.24. The number of hydrogen-bond donors (Lipinski definition) is 5. The molecule has 0 aromatic carbocycles. The molecule has 2 aliphatic rings. The van der Waals surface area contributed by atoms with Gasteiger partial charge in [0.15, 0.2) is 11.9 Å². The van der Waals surface area contributed by atoms with Crippen LogP contribution in [-0.4, -0.2) is 24.0 Å². The van der Waals surface area contributed by atoms with E-state index in [1.54, 1.807) is 0 Å². The molecular formula is C14H27N5. The van der Waals surface area contributed by atoms with Crippen molar-refractivity contribution in [2.75, 3.05) is 0 Å².